The summed E-state index contributed by atoms with van der Waals surface area (Å²) in [6.45, 7) is 6.50. The van der Waals surface area contributed by atoms with E-state index in [1.54, 1.807) is 0 Å². The molecule has 0 aromatic rings. The number of nitrogens with one attached hydrogen (secondary N) is 1. The van der Waals surface area contributed by atoms with E-state index >= 15 is 0 Å². The first-order valence-electron chi connectivity index (χ1n) is 7.04. The van der Waals surface area contributed by atoms with Crippen LogP contribution in [0.1, 0.15) is 46.5 Å². The van der Waals surface area contributed by atoms with Crippen LogP contribution in [0.3, 0.4) is 0 Å². The van der Waals surface area contributed by atoms with E-state index in [-0.39, 0.29) is 12.0 Å². The van der Waals surface area contributed by atoms with Gasteiger partial charge in [0.05, 0.1) is 0 Å². The average molecular weight is 241 g/mol. The van der Waals surface area contributed by atoms with Gasteiger partial charge in [0.1, 0.15) is 6.17 Å². The van der Waals surface area contributed by atoms with E-state index in [0.29, 0.717) is 5.92 Å². The van der Waals surface area contributed by atoms with Crippen LogP contribution in [-0.2, 0) is 0 Å². The van der Waals surface area contributed by atoms with Crippen LogP contribution in [0, 0.1) is 17.8 Å². The number of hydrogen-bond acceptors (Lipinski definition) is 1. The molecule has 0 fully saturated rings. The van der Waals surface area contributed by atoms with Crippen LogP contribution >= 0.6 is 0 Å². The van der Waals surface area contributed by atoms with Gasteiger partial charge in [0.15, 0.2) is 0 Å². The lowest BCUT2D eigenvalue weighted by Gasteiger charge is -2.23. The predicted octanol–water partition coefficient (Wildman–Crippen LogP) is 3.95. The van der Waals surface area contributed by atoms with Crippen LogP contribution in [0.4, 0.5) is 4.39 Å². The van der Waals surface area contributed by atoms with E-state index < -0.39 is 6.17 Å². The third kappa shape index (κ3) is 4.79. The summed E-state index contributed by atoms with van der Waals surface area (Å²) < 4.78 is 14.0. The van der Waals surface area contributed by atoms with E-state index in [2.05, 4.69) is 31.3 Å². The molecule has 1 N–H and O–H groups in total. The molecule has 100 valence electrons. The van der Waals surface area contributed by atoms with Gasteiger partial charge in [-0.05, 0) is 31.7 Å². The first kappa shape index (κ1) is 14.7. The molecule has 1 aliphatic carbocycles. The van der Waals surface area contributed by atoms with Crippen molar-refractivity contribution in [1.82, 2.24) is 5.32 Å². The monoisotopic (exact) mass is 241 g/mol. The summed E-state index contributed by atoms with van der Waals surface area (Å²) in [4.78, 5) is 0. The van der Waals surface area contributed by atoms with Crippen molar-refractivity contribution in [3.05, 3.63) is 12.2 Å². The van der Waals surface area contributed by atoms with Crippen LogP contribution in [0.25, 0.3) is 0 Å². The van der Waals surface area contributed by atoms with Gasteiger partial charge in [0, 0.05) is 12.0 Å². The molecule has 1 rings (SSSR count). The first-order chi connectivity index (χ1) is 8.04. The second-order valence-corrected chi connectivity index (χ2v) is 5.90. The maximum absolute atomic E-state index is 14.0. The highest BCUT2D eigenvalue weighted by molar-refractivity contribution is 5.02. The van der Waals surface area contributed by atoms with Gasteiger partial charge in [0.2, 0.25) is 0 Å². The summed E-state index contributed by atoms with van der Waals surface area (Å²) in [6, 6.07) is 0.0176. The Morgan fingerprint density at radius 3 is 2.65 bits per heavy atom. The highest BCUT2D eigenvalue weighted by Crippen LogP contribution is 2.27. The SMILES string of the molecule is CNC1CC(CCCC(C)C)C=CC(C)C1F. The van der Waals surface area contributed by atoms with Gasteiger partial charge in [-0.1, -0.05) is 45.8 Å². The molecule has 0 heterocycles. The van der Waals surface area contributed by atoms with Crippen LogP contribution in [0.15, 0.2) is 12.2 Å². The summed E-state index contributed by atoms with van der Waals surface area (Å²) in [7, 11) is 1.88. The molecule has 17 heavy (non-hydrogen) atoms. The van der Waals surface area contributed by atoms with E-state index in [0.717, 1.165) is 12.3 Å². The molecular formula is C15H28FN. The summed E-state index contributed by atoms with van der Waals surface area (Å²) in [5.74, 6) is 1.37. The number of alkyl halides is 1. The largest absolute Gasteiger partial charge is 0.314 e. The Morgan fingerprint density at radius 1 is 1.35 bits per heavy atom. The molecular weight excluding hydrogens is 213 g/mol. The maximum atomic E-state index is 14.0. The van der Waals surface area contributed by atoms with Crippen LogP contribution in [-0.4, -0.2) is 19.3 Å². The number of halogens is 1. The Balaban J connectivity index is 2.47. The molecule has 0 amide bonds. The summed E-state index contributed by atoms with van der Waals surface area (Å²) in [5.41, 5.74) is 0. The van der Waals surface area contributed by atoms with E-state index in [1.807, 2.05) is 14.0 Å². The number of hydrogen-bond donors (Lipinski definition) is 1. The molecule has 0 bridgehead atoms. The van der Waals surface area contributed by atoms with Gasteiger partial charge < -0.3 is 5.32 Å². The Kier molecular flexibility index (Phi) is 6.18. The van der Waals surface area contributed by atoms with E-state index in [4.69, 9.17) is 0 Å². The number of rotatable bonds is 5. The van der Waals surface area contributed by atoms with Crippen molar-refractivity contribution in [2.24, 2.45) is 17.8 Å². The van der Waals surface area contributed by atoms with Crippen molar-refractivity contribution in [3.63, 3.8) is 0 Å². The van der Waals surface area contributed by atoms with E-state index in [9.17, 15) is 4.39 Å². The third-order valence-electron chi connectivity index (χ3n) is 3.86. The van der Waals surface area contributed by atoms with Crippen molar-refractivity contribution in [2.45, 2.75) is 58.7 Å². The zero-order valence-electron chi connectivity index (χ0n) is 11.7. The van der Waals surface area contributed by atoms with Crippen molar-refractivity contribution in [1.29, 1.82) is 0 Å². The second-order valence-electron chi connectivity index (χ2n) is 5.90. The van der Waals surface area contributed by atoms with Gasteiger partial charge in [-0.2, -0.15) is 0 Å². The quantitative estimate of drug-likeness (QED) is 0.719. The van der Waals surface area contributed by atoms with Gasteiger partial charge in [-0.15, -0.1) is 0 Å². The minimum atomic E-state index is -0.744. The van der Waals surface area contributed by atoms with Crippen LogP contribution in [0.5, 0.6) is 0 Å². The molecule has 2 heteroatoms. The number of allylic oxidation sites excluding steroid dienone is 2. The molecule has 0 aromatic carbocycles. The minimum absolute atomic E-state index is 0.0176. The zero-order chi connectivity index (χ0) is 12.8. The Hall–Kier alpha value is -0.370. The van der Waals surface area contributed by atoms with Crippen molar-refractivity contribution in [3.8, 4) is 0 Å². The highest BCUT2D eigenvalue weighted by atomic mass is 19.1. The maximum Gasteiger partial charge on any atom is 0.121 e. The van der Waals surface area contributed by atoms with E-state index in [1.165, 1.54) is 19.3 Å². The van der Waals surface area contributed by atoms with Crippen molar-refractivity contribution >= 4 is 0 Å². The normalized spacial score (nSPS) is 34.0. The Morgan fingerprint density at radius 2 is 2.06 bits per heavy atom. The van der Waals surface area contributed by atoms with Crippen LogP contribution in [0.2, 0.25) is 0 Å². The topological polar surface area (TPSA) is 12.0 Å². The molecule has 0 saturated carbocycles. The minimum Gasteiger partial charge on any atom is -0.314 e. The Bertz CT molecular complexity index is 237. The lowest BCUT2D eigenvalue weighted by Crippen LogP contribution is -2.38. The van der Waals surface area contributed by atoms with Crippen LogP contribution < -0.4 is 5.32 Å². The fourth-order valence-electron chi connectivity index (χ4n) is 2.62. The molecule has 1 aliphatic rings. The van der Waals surface area contributed by atoms with Gasteiger partial charge in [-0.3, -0.25) is 0 Å². The summed E-state index contributed by atoms with van der Waals surface area (Å²) >= 11 is 0. The lowest BCUT2D eigenvalue weighted by atomic mass is 9.92. The highest BCUT2D eigenvalue weighted by Gasteiger charge is 2.28. The average Bonchev–Trinajstić information content (AvgIpc) is 2.41. The summed E-state index contributed by atoms with van der Waals surface area (Å²) in [6.07, 6.45) is 8.25. The predicted molar refractivity (Wildman–Crippen MR) is 72.8 cm³/mol. The van der Waals surface area contributed by atoms with Gasteiger partial charge in [-0.25, -0.2) is 4.39 Å². The van der Waals surface area contributed by atoms with Gasteiger partial charge in [0.25, 0.3) is 0 Å². The molecule has 4 atom stereocenters. The van der Waals surface area contributed by atoms with Crippen molar-refractivity contribution < 1.29 is 4.39 Å². The molecule has 4 unspecified atom stereocenters. The third-order valence-corrected chi connectivity index (χ3v) is 3.86. The first-order valence-corrected chi connectivity index (χ1v) is 7.04. The van der Waals surface area contributed by atoms with Gasteiger partial charge >= 0.3 is 0 Å². The fraction of sp³-hybridized carbons (Fsp3) is 0.867. The summed E-state index contributed by atoms with van der Waals surface area (Å²) in [5, 5.41) is 3.14. The fourth-order valence-corrected chi connectivity index (χ4v) is 2.62. The molecule has 0 spiro atoms. The zero-order valence-corrected chi connectivity index (χ0v) is 11.7. The molecule has 0 saturated heterocycles. The molecule has 0 radical (unpaired) electrons. The van der Waals surface area contributed by atoms with Crippen molar-refractivity contribution in [2.75, 3.05) is 7.05 Å². The molecule has 0 aromatic heterocycles. The molecule has 1 nitrogen and oxygen atoms in total. The lowest BCUT2D eigenvalue weighted by molar-refractivity contribution is 0.198. The molecule has 0 aliphatic heterocycles. The second kappa shape index (κ2) is 7.15. The smallest absolute Gasteiger partial charge is 0.121 e. The standard InChI is InChI=1S/C15H28FN/c1-11(2)6-5-7-13-9-8-12(3)15(16)14(10-13)17-4/h8-9,11-15,17H,5-7,10H2,1-4H3. The Labute approximate surface area is 106 Å².